The molecule has 2 aromatic heterocycles. The number of fused-ring (bicyclic) bond motifs is 2. The number of benzene rings is 2. The van der Waals surface area contributed by atoms with E-state index in [1.165, 1.54) is 0 Å². The van der Waals surface area contributed by atoms with E-state index in [4.69, 9.17) is 0 Å². The van der Waals surface area contributed by atoms with Gasteiger partial charge < -0.3 is 5.11 Å². The molecular formula is C28H26Br2N2O2. The molecule has 2 aliphatic rings. The van der Waals surface area contributed by atoms with Gasteiger partial charge in [0.2, 0.25) is 0 Å². The summed E-state index contributed by atoms with van der Waals surface area (Å²) in [6.45, 7) is 0. The molecule has 6 rings (SSSR count). The van der Waals surface area contributed by atoms with E-state index >= 15 is 0 Å². The zero-order valence-corrected chi connectivity index (χ0v) is 21.9. The standard InChI is InChI=1S/C14H14BrNO.C14H12BrNO/c2*15-10-5-7-12-9(8-10)4-6-13(16-12)11-2-1-3-14(11)17/h4-8,11,14,17H,1-3H2;4-8,11H,1-3H2. The summed E-state index contributed by atoms with van der Waals surface area (Å²) < 4.78 is 2.12. The number of aromatic nitrogens is 2. The van der Waals surface area contributed by atoms with Gasteiger partial charge in [0.25, 0.3) is 0 Å². The molecule has 6 heteroatoms. The van der Waals surface area contributed by atoms with E-state index in [1.807, 2.05) is 48.5 Å². The van der Waals surface area contributed by atoms with Gasteiger partial charge in [0, 0.05) is 37.8 Å². The summed E-state index contributed by atoms with van der Waals surface area (Å²) in [6, 6.07) is 20.3. The second kappa shape index (κ2) is 10.2. The third kappa shape index (κ3) is 5.09. The Labute approximate surface area is 216 Å². The molecule has 4 aromatic rings. The fourth-order valence-corrected chi connectivity index (χ4v) is 5.80. The highest BCUT2D eigenvalue weighted by Gasteiger charge is 2.28. The third-order valence-corrected chi connectivity index (χ3v) is 7.85. The molecule has 2 fully saturated rings. The van der Waals surface area contributed by atoms with Crippen LogP contribution in [0.5, 0.6) is 0 Å². The van der Waals surface area contributed by atoms with Crippen LogP contribution in [0.25, 0.3) is 21.8 Å². The number of ketones is 1. The van der Waals surface area contributed by atoms with Crippen molar-refractivity contribution in [3.8, 4) is 0 Å². The molecular weight excluding hydrogens is 556 g/mol. The van der Waals surface area contributed by atoms with E-state index in [9.17, 15) is 9.90 Å². The van der Waals surface area contributed by atoms with Crippen molar-refractivity contribution in [2.75, 3.05) is 0 Å². The predicted molar refractivity (Wildman–Crippen MR) is 143 cm³/mol. The number of carbonyl (C=O) groups excluding carboxylic acids is 1. The highest BCUT2D eigenvalue weighted by atomic mass is 79.9. The molecule has 0 aliphatic heterocycles. The van der Waals surface area contributed by atoms with Gasteiger partial charge in [-0.25, -0.2) is 0 Å². The molecule has 2 saturated carbocycles. The van der Waals surface area contributed by atoms with Gasteiger partial charge in [-0.3, -0.25) is 14.8 Å². The fourth-order valence-electron chi connectivity index (χ4n) is 5.04. The minimum absolute atomic E-state index is 0.0306. The maximum absolute atomic E-state index is 11.7. The van der Waals surface area contributed by atoms with E-state index in [-0.39, 0.29) is 17.9 Å². The van der Waals surface area contributed by atoms with Crippen LogP contribution in [0.2, 0.25) is 0 Å². The van der Waals surface area contributed by atoms with Crippen LogP contribution in [0, 0.1) is 0 Å². The van der Waals surface area contributed by atoms with Gasteiger partial charge >= 0.3 is 0 Å². The molecule has 2 aliphatic carbocycles. The topological polar surface area (TPSA) is 63.1 Å². The summed E-state index contributed by atoms with van der Waals surface area (Å²) in [5.74, 6) is 0.597. The van der Waals surface area contributed by atoms with Crippen LogP contribution < -0.4 is 0 Å². The van der Waals surface area contributed by atoms with Crippen LogP contribution >= 0.6 is 31.9 Å². The quantitative estimate of drug-likeness (QED) is 0.267. The predicted octanol–water partition coefficient (Wildman–Crippen LogP) is 7.46. The minimum Gasteiger partial charge on any atom is -0.392 e. The fraction of sp³-hybridized carbons (Fsp3) is 0.321. The van der Waals surface area contributed by atoms with Crippen molar-refractivity contribution >= 4 is 59.4 Å². The second-order valence-electron chi connectivity index (χ2n) is 9.16. The van der Waals surface area contributed by atoms with Crippen molar-refractivity contribution in [3.63, 3.8) is 0 Å². The van der Waals surface area contributed by atoms with E-state index in [1.54, 1.807) is 0 Å². The monoisotopic (exact) mass is 580 g/mol. The molecule has 0 saturated heterocycles. The van der Waals surface area contributed by atoms with Crippen molar-refractivity contribution in [1.29, 1.82) is 0 Å². The number of Topliss-reactive ketones (excluding diaryl/α,β-unsaturated/α-hetero) is 1. The normalized spacial score (nSPS) is 22.2. The average Bonchev–Trinajstić information content (AvgIpc) is 3.46. The lowest BCUT2D eigenvalue weighted by Crippen LogP contribution is -2.12. The van der Waals surface area contributed by atoms with E-state index in [2.05, 4.69) is 54.0 Å². The van der Waals surface area contributed by atoms with Crippen LogP contribution in [-0.2, 0) is 4.79 Å². The van der Waals surface area contributed by atoms with E-state index in [0.29, 0.717) is 12.2 Å². The van der Waals surface area contributed by atoms with Crippen LogP contribution in [0.4, 0.5) is 0 Å². The molecule has 3 unspecified atom stereocenters. The summed E-state index contributed by atoms with van der Waals surface area (Å²) in [6.07, 6.45) is 5.52. The molecule has 0 radical (unpaired) electrons. The Morgan fingerprint density at radius 3 is 1.91 bits per heavy atom. The Bertz CT molecular complexity index is 1360. The zero-order chi connectivity index (χ0) is 23.7. The Hall–Kier alpha value is -2.15. The summed E-state index contributed by atoms with van der Waals surface area (Å²) >= 11 is 6.90. The lowest BCUT2D eigenvalue weighted by Gasteiger charge is -2.14. The van der Waals surface area contributed by atoms with Crippen LogP contribution in [-0.4, -0.2) is 27.0 Å². The average molecular weight is 582 g/mol. The number of aliphatic hydroxyl groups excluding tert-OH is 1. The Balaban J connectivity index is 0.000000142. The smallest absolute Gasteiger partial charge is 0.141 e. The first kappa shape index (κ1) is 23.6. The maximum atomic E-state index is 11.7. The first-order chi connectivity index (χ1) is 16.5. The van der Waals surface area contributed by atoms with Gasteiger partial charge in [-0.1, -0.05) is 50.4 Å². The second-order valence-corrected chi connectivity index (χ2v) is 11.0. The Kier molecular flexibility index (Phi) is 7.09. The number of aliphatic hydroxyl groups is 1. The molecule has 0 spiro atoms. The molecule has 3 atom stereocenters. The first-order valence-electron chi connectivity index (χ1n) is 11.8. The van der Waals surface area contributed by atoms with Crippen molar-refractivity contribution in [3.05, 3.63) is 81.0 Å². The number of nitrogens with zero attached hydrogens (tertiary/aromatic N) is 2. The number of hydrogen-bond donors (Lipinski definition) is 1. The van der Waals surface area contributed by atoms with Gasteiger partial charge in [-0.05, 0) is 74.2 Å². The molecule has 174 valence electrons. The first-order valence-corrected chi connectivity index (χ1v) is 13.4. The van der Waals surface area contributed by atoms with E-state index in [0.717, 1.165) is 74.2 Å². The summed E-state index contributed by atoms with van der Waals surface area (Å²) in [5, 5.41) is 12.2. The van der Waals surface area contributed by atoms with Crippen molar-refractivity contribution < 1.29 is 9.90 Å². The largest absolute Gasteiger partial charge is 0.392 e. The van der Waals surface area contributed by atoms with Gasteiger partial charge in [0.1, 0.15) is 5.78 Å². The molecule has 2 heterocycles. The minimum atomic E-state index is -0.213. The molecule has 1 N–H and O–H groups in total. The van der Waals surface area contributed by atoms with Gasteiger partial charge in [0.15, 0.2) is 0 Å². The summed E-state index contributed by atoms with van der Waals surface area (Å²) in [5.41, 5.74) is 3.93. The van der Waals surface area contributed by atoms with Crippen molar-refractivity contribution in [2.24, 2.45) is 0 Å². The molecule has 0 bridgehead atoms. The molecule has 34 heavy (non-hydrogen) atoms. The van der Waals surface area contributed by atoms with Crippen molar-refractivity contribution in [2.45, 2.75) is 56.5 Å². The number of pyridine rings is 2. The number of hydrogen-bond acceptors (Lipinski definition) is 4. The Morgan fingerprint density at radius 1 is 0.735 bits per heavy atom. The maximum Gasteiger partial charge on any atom is 0.141 e. The lowest BCUT2D eigenvalue weighted by molar-refractivity contribution is -0.118. The Morgan fingerprint density at radius 2 is 1.35 bits per heavy atom. The van der Waals surface area contributed by atoms with Crippen molar-refractivity contribution in [1.82, 2.24) is 9.97 Å². The number of rotatable bonds is 2. The molecule has 4 nitrogen and oxygen atoms in total. The van der Waals surface area contributed by atoms with Gasteiger partial charge in [-0.2, -0.15) is 0 Å². The highest BCUT2D eigenvalue weighted by molar-refractivity contribution is 9.10. The number of halogens is 2. The van der Waals surface area contributed by atoms with Crippen LogP contribution in [0.3, 0.4) is 0 Å². The highest BCUT2D eigenvalue weighted by Crippen LogP contribution is 2.34. The summed E-state index contributed by atoms with van der Waals surface area (Å²) in [7, 11) is 0. The van der Waals surface area contributed by atoms with Gasteiger partial charge in [-0.15, -0.1) is 0 Å². The van der Waals surface area contributed by atoms with E-state index < -0.39 is 0 Å². The lowest BCUT2D eigenvalue weighted by atomic mass is 10.0. The summed E-state index contributed by atoms with van der Waals surface area (Å²) in [4.78, 5) is 21.0. The molecule has 0 amide bonds. The van der Waals surface area contributed by atoms with Crippen LogP contribution in [0.15, 0.2) is 69.6 Å². The molecule has 2 aromatic carbocycles. The SMILES string of the molecule is O=C1CCCC1c1ccc2cc(Br)ccc2n1.OC1CCCC1c1ccc2cc(Br)ccc2n1. The van der Waals surface area contributed by atoms with Gasteiger partial charge in [0.05, 0.1) is 28.7 Å². The zero-order valence-electron chi connectivity index (χ0n) is 18.8. The van der Waals surface area contributed by atoms with Crippen LogP contribution in [0.1, 0.15) is 61.7 Å². The number of carbonyl (C=O) groups is 1. The third-order valence-electron chi connectivity index (χ3n) is 6.87.